The first kappa shape index (κ1) is 20.1. The van der Waals surface area contributed by atoms with Crippen molar-refractivity contribution < 1.29 is 17.6 Å². The van der Waals surface area contributed by atoms with Crippen molar-refractivity contribution in [1.82, 2.24) is 10.6 Å². The molecule has 1 heterocycles. The van der Waals surface area contributed by atoms with Crippen molar-refractivity contribution in [2.45, 2.75) is 11.8 Å². The normalized spacial score (nSPS) is 14.6. The molecule has 28 heavy (non-hydrogen) atoms. The number of carbonyl (C=O) groups excluding carboxylic acids is 1. The quantitative estimate of drug-likeness (QED) is 0.680. The summed E-state index contributed by atoms with van der Waals surface area (Å²) in [4.78, 5) is 13.8. The Balaban J connectivity index is 2.01. The SMILES string of the molecule is CCNC(=O)c1ccc(N2CCNCC2)c(NS(=O)(=O)c2ccccc2F)c1. The molecule has 0 unspecified atom stereocenters. The Morgan fingerprint density at radius 1 is 1.18 bits per heavy atom. The predicted molar refractivity (Wildman–Crippen MR) is 107 cm³/mol. The number of benzene rings is 2. The molecule has 3 N–H and O–H groups in total. The van der Waals surface area contributed by atoms with E-state index in [1.807, 2.05) is 4.90 Å². The average Bonchev–Trinajstić information content (AvgIpc) is 2.68. The topological polar surface area (TPSA) is 90.5 Å². The van der Waals surface area contributed by atoms with Crippen LogP contribution in [-0.2, 0) is 10.0 Å². The number of nitrogens with zero attached hydrogens (tertiary/aromatic N) is 1. The van der Waals surface area contributed by atoms with Crippen LogP contribution in [0.4, 0.5) is 15.8 Å². The van der Waals surface area contributed by atoms with Gasteiger partial charge in [0.2, 0.25) is 0 Å². The maximum atomic E-state index is 14.0. The van der Waals surface area contributed by atoms with Crippen LogP contribution in [0, 0.1) is 5.82 Å². The number of hydrogen-bond donors (Lipinski definition) is 3. The lowest BCUT2D eigenvalue weighted by atomic mass is 10.1. The van der Waals surface area contributed by atoms with E-state index in [0.29, 0.717) is 30.9 Å². The molecule has 1 aliphatic rings. The number of anilines is 2. The van der Waals surface area contributed by atoms with Gasteiger partial charge in [-0.15, -0.1) is 0 Å². The smallest absolute Gasteiger partial charge is 0.264 e. The van der Waals surface area contributed by atoms with E-state index >= 15 is 0 Å². The Hall–Kier alpha value is -2.65. The van der Waals surface area contributed by atoms with Crippen molar-refractivity contribution in [3.8, 4) is 0 Å². The molecule has 9 heteroatoms. The molecule has 0 bridgehead atoms. The number of sulfonamides is 1. The molecule has 0 atom stereocenters. The van der Waals surface area contributed by atoms with Crippen molar-refractivity contribution in [2.24, 2.45) is 0 Å². The molecular weight excluding hydrogens is 383 g/mol. The highest BCUT2D eigenvalue weighted by atomic mass is 32.2. The lowest BCUT2D eigenvalue weighted by molar-refractivity contribution is 0.0956. The number of piperazine rings is 1. The summed E-state index contributed by atoms with van der Waals surface area (Å²) in [6.07, 6.45) is 0. The van der Waals surface area contributed by atoms with Crippen LogP contribution in [-0.4, -0.2) is 47.0 Å². The molecule has 1 aliphatic heterocycles. The highest BCUT2D eigenvalue weighted by Gasteiger charge is 2.23. The molecule has 0 radical (unpaired) electrons. The van der Waals surface area contributed by atoms with E-state index in [1.165, 1.54) is 24.3 Å². The number of nitrogens with one attached hydrogen (secondary N) is 3. The third-order valence-electron chi connectivity index (χ3n) is 4.42. The van der Waals surface area contributed by atoms with Gasteiger partial charge in [-0.1, -0.05) is 12.1 Å². The second-order valence-electron chi connectivity index (χ2n) is 6.36. The van der Waals surface area contributed by atoms with Crippen LogP contribution in [0.15, 0.2) is 47.4 Å². The van der Waals surface area contributed by atoms with E-state index < -0.39 is 20.7 Å². The van der Waals surface area contributed by atoms with Gasteiger partial charge in [-0.3, -0.25) is 9.52 Å². The van der Waals surface area contributed by atoms with Crippen molar-refractivity contribution in [3.05, 3.63) is 53.8 Å². The van der Waals surface area contributed by atoms with Gasteiger partial charge in [0.25, 0.3) is 15.9 Å². The minimum absolute atomic E-state index is 0.244. The third-order valence-corrected chi connectivity index (χ3v) is 5.82. The predicted octanol–water partition coefficient (Wildman–Crippen LogP) is 1.79. The molecule has 1 saturated heterocycles. The Kier molecular flexibility index (Phi) is 6.15. The molecule has 0 saturated carbocycles. The second kappa shape index (κ2) is 8.57. The molecule has 7 nitrogen and oxygen atoms in total. The van der Waals surface area contributed by atoms with Gasteiger partial charge >= 0.3 is 0 Å². The zero-order valence-electron chi connectivity index (χ0n) is 15.5. The maximum Gasteiger partial charge on any atom is 0.264 e. The lowest BCUT2D eigenvalue weighted by Gasteiger charge is -2.31. The maximum absolute atomic E-state index is 14.0. The van der Waals surface area contributed by atoms with E-state index in [9.17, 15) is 17.6 Å². The van der Waals surface area contributed by atoms with Crippen LogP contribution in [0.2, 0.25) is 0 Å². The van der Waals surface area contributed by atoms with Crippen molar-refractivity contribution >= 4 is 27.3 Å². The van der Waals surface area contributed by atoms with Crippen molar-refractivity contribution in [2.75, 3.05) is 42.3 Å². The minimum atomic E-state index is -4.16. The van der Waals surface area contributed by atoms with Gasteiger partial charge in [0.1, 0.15) is 10.7 Å². The Labute approximate surface area is 164 Å². The van der Waals surface area contributed by atoms with Gasteiger partial charge in [0.05, 0.1) is 11.4 Å². The Bertz CT molecular complexity index is 959. The van der Waals surface area contributed by atoms with E-state index in [-0.39, 0.29) is 11.6 Å². The summed E-state index contributed by atoms with van der Waals surface area (Å²) in [5, 5.41) is 5.93. The van der Waals surface area contributed by atoms with Crippen LogP contribution < -0.4 is 20.3 Å². The number of hydrogen-bond acceptors (Lipinski definition) is 5. The number of halogens is 1. The number of amides is 1. The summed E-state index contributed by atoms with van der Waals surface area (Å²) in [6.45, 7) is 5.16. The monoisotopic (exact) mass is 406 g/mol. The van der Waals surface area contributed by atoms with Gasteiger partial charge in [-0.2, -0.15) is 0 Å². The van der Waals surface area contributed by atoms with Crippen molar-refractivity contribution in [3.63, 3.8) is 0 Å². The van der Waals surface area contributed by atoms with E-state index in [0.717, 1.165) is 19.2 Å². The molecule has 0 aliphatic carbocycles. The summed E-state index contributed by atoms with van der Waals surface area (Å²) in [5.74, 6) is -1.14. The fraction of sp³-hybridized carbons (Fsp3) is 0.316. The molecule has 3 rings (SSSR count). The molecule has 150 valence electrons. The van der Waals surface area contributed by atoms with Crippen LogP contribution in [0.1, 0.15) is 17.3 Å². The zero-order valence-corrected chi connectivity index (χ0v) is 16.4. The van der Waals surface area contributed by atoms with Crippen LogP contribution >= 0.6 is 0 Å². The minimum Gasteiger partial charge on any atom is -0.367 e. The first-order chi connectivity index (χ1) is 13.4. The molecule has 0 aromatic heterocycles. The molecule has 0 spiro atoms. The number of carbonyl (C=O) groups is 1. The second-order valence-corrected chi connectivity index (χ2v) is 8.02. The van der Waals surface area contributed by atoms with Crippen LogP contribution in [0.3, 0.4) is 0 Å². The van der Waals surface area contributed by atoms with Gasteiger partial charge in [0.15, 0.2) is 0 Å². The molecule has 2 aromatic rings. The first-order valence-corrected chi connectivity index (χ1v) is 10.6. The summed E-state index contributed by atoms with van der Waals surface area (Å²) < 4.78 is 42.1. The highest BCUT2D eigenvalue weighted by Crippen LogP contribution is 2.30. The molecule has 1 fully saturated rings. The lowest BCUT2D eigenvalue weighted by Crippen LogP contribution is -2.43. The summed E-state index contributed by atoms with van der Waals surface area (Å²) >= 11 is 0. The highest BCUT2D eigenvalue weighted by molar-refractivity contribution is 7.92. The Morgan fingerprint density at radius 2 is 1.89 bits per heavy atom. The molecule has 2 aromatic carbocycles. The average molecular weight is 406 g/mol. The number of rotatable bonds is 6. The van der Waals surface area contributed by atoms with Gasteiger partial charge < -0.3 is 15.5 Å². The van der Waals surface area contributed by atoms with E-state index in [4.69, 9.17) is 0 Å². The van der Waals surface area contributed by atoms with E-state index in [1.54, 1.807) is 19.1 Å². The molecule has 1 amide bonds. The fourth-order valence-electron chi connectivity index (χ4n) is 3.07. The zero-order chi connectivity index (χ0) is 20.1. The molecular formula is C19H23FN4O3S. The van der Waals surface area contributed by atoms with Crippen LogP contribution in [0.5, 0.6) is 0 Å². The van der Waals surface area contributed by atoms with E-state index in [2.05, 4.69) is 15.4 Å². The van der Waals surface area contributed by atoms with Crippen LogP contribution in [0.25, 0.3) is 0 Å². The summed E-state index contributed by atoms with van der Waals surface area (Å²) in [6, 6.07) is 10.0. The van der Waals surface area contributed by atoms with Gasteiger partial charge in [0, 0.05) is 38.3 Å². The standard InChI is InChI=1S/C19H23FN4O3S/c1-2-22-19(25)14-7-8-17(24-11-9-21-10-12-24)16(13-14)23-28(26,27)18-6-4-3-5-15(18)20/h3-8,13,21,23H,2,9-12H2,1H3,(H,22,25). The largest absolute Gasteiger partial charge is 0.367 e. The summed E-state index contributed by atoms with van der Waals surface area (Å²) in [7, 11) is -4.16. The summed E-state index contributed by atoms with van der Waals surface area (Å²) in [5.41, 5.74) is 1.22. The van der Waals surface area contributed by atoms with Crippen molar-refractivity contribution in [1.29, 1.82) is 0 Å². The van der Waals surface area contributed by atoms with Gasteiger partial charge in [-0.25, -0.2) is 12.8 Å². The van der Waals surface area contributed by atoms with Gasteiger partial charge in [-0.05, 0) is 37.3 Å². The fourth-order valence-corrected chi connectivity index (χ4v) is 4.21. The third kappa shape index (κ3) is 4.42. The Morgan fingerprint density at radius 3 is 2.57 bits per heavy atom. The first-order valence-electron chi connectivity index (χ1n) is 9.07.